The van der Waals surface area contributed by atoms with E-state index in [9.17, 15) is 4.79 Å². The monoisotopic (exact) mass is 679 g/mol. The third kappa shape index (κ3) is 7.49. The first kappa shape index (κ1) is 35.3. The van der Waals surface area contributed by atoms with E-state index in [1.807, 2.05) is 25.0 Å². The molecule has 0 radical (unpaired) electrons. The van der Waals surface area contributed by atoms with Gasteiger partial charge in [0.2, 0.25) is 5.95 Å². The Labute approximate surface area is 297 Å². The molecule has 50 heavy (non-hydrogen) atoms. The van der Waals surface area contributed by atoms with Crippen LogP contribution in [0.15, 0.2) is 42.6 Å². The summed E-state index contributed by atoms with van der Waals surface area (Å²) in [4.78, 5) is 30.9. The summed E-state index contributed by atoms with van der Waals surface area (Å²) < 4.78 is 7.84. The first-order valence-electron chi connectivity index (χ1n) is 18.1. The Balaban J connectivity index is 1.32. The fourth-order valence-corrected chi connectivity index (χ4v) is 7.27. The summed E-state index contributed by atoms with van der Waals surface area (Å²) in [6.07, 6.45) is 8.30. The number of ether oxygens (including phenoxy) is 1. The molecule has 1 saturated heterocycles. The van der Waals surface area contributed by atoms with Gasteiger partial charge in [0.05, 0.1) is 30.7 Å². The Bertz CT molecular complexity index is 1790. The second-order valence-corrected chi connectivity index (χ2v) is 13.9. The van der Waals surface area contributed by atoms with E-state index in [2.05, 4.69) is 89.7 Å². The van der Waals surface area contributed by atoms with E-state index >= 15 is 0 Å². The summed E-state index contributed by atoms with van der Waals surface area (Å²) in [5.74, 6) is 1.04. The zero-order valence-corrected chi connectivity index (χ0v) is 30.8. The van der Waals surface area contributed by atoms with E-state index in [1.165, 1.54) is 0 Å². The van der Waals surface area contributed by atoms with Crippen molar-refractivity contribution in [2.24, 2.45) is 0 Å². The lowest BCUT2D eigenvalue weighted by Crippen LogP contribution is -2.41. The number of rotatable bonds is 12. The molecule has 0 atom stereocenters. The number of aromatic nitrogens is 4. The highest BCUT2D eigenvalue weighted by atomic mass is 16.5. The van der Waals surface area contributed by atoms with Crippen LogP contribution in [-0.4, -0.2) is 96.4 Å². The lowest BCUT2D eigenvalue weighted by molar-refractivity contribution is 0.102. The molecule has 1 fully saturated rings. The molecule has 11 heteroatoms. The summed E-state index contributed by atoms with van der Waals surface area (Å²) >= 11 is 0. The lowest BCUT2D eigenvalue weighted by atomic mass is 10.0. The number of carbonyl (C=O) groups excluding carboxylic acids is 1. The Hall–Kier alpha value is -4.48. The summed E-state index contributed by atoms with van der Waals surface area (Å²) in [7, 11) is 10.1. The van der Waals surface area contributed by atoms with Gasteiger partial charge >= 0.3 is 0 Å². The number of hydrogen-bond donors (Lipinski definition) is 2. The second kappa shape index (κ2) is 15.6. The van der Waals surface area contributed by atoms with Gasteiger partial charge in [-0.1, -0.05) is 32.0 Å². The Kier molecular flexibility index (Phi) is 11.0. The smallest absolute Gasteiger partial charge is 0.276 e. The van der Waals surface area contributed by atoms with Crippen molar-refractivity contribution in [2.45, 2.75) is 71.4 Å². The number of fused-ring (bicyclic) bond motifs is 3. The van der Waals surface area contributed by atoms with E-state index in [1.54, 1.807) is 7.11 Å². The first-order chi connectivity index (χ1) is 24.2. The third-order valence-corrected chi connectivity index (χ3v) is 10.2. The number of carbonyl (C=O) groups is 1. The molecule has 0 saturated carbocycles. The van der Waals surface area contributed by atoms with Crippen molar-refractivity contribution in [3.8, 4) is 17.1 Å². The van der Waals surface area contributed by atoms with Crippen LogP contribution in [-0.2, 0) is 32.2 Å². The van der Waals surface area contributed by atoms with Crippen LogP contribution in [0.25, 0.3) is 11.4 Å². The van der Waals surface area contributed by atoms with Gasteiger partial charge in [0.15, 0.2) is 5.69 Å². The van der Waals surface area contributed by atoms with Crippen LogP contribution in [0.4, 0.5) is 23.0 Å². The third-order valence-electron chi connectivity index (χ3n) is 10.2. The second-order valence-electron chi connectivity index (χ2n) is 13.9. The molecule has 0 bridgehead atoms. The van der Waals surface area contributed by atoms with Gasteiger partial charge in [0.1, 0.15) is 5.75 Å². The highest BCUT2D eigenvalue weighted by Gasteiger charge is 2.29. The SMILES string of the molecule is CCc1cccc(CC)c1NC(=O)c1nn(CCN(C)C)c2c1CCCc1cnc(Nc3ccc(N4CCC(N(C)C)CC4)cc3OC)nc1-2. The Morgan fingerprint density at radius 3 is 2.42 bits per heavy atom. The molecule has 6 rings (SSSR count). The highest BCUT2D eigenvalue weighted by Crippen LogP contribution is 2.37. The molecule has 1 aliphatic heterocycles. The number of likely N-dealkylation sites (N-methyl/N-ethyl adjacent to an activating group) is 1. The molecule has 2 N–H and O–H groups in total. The van der Waals surface area contributed by atoms with E-state index in [4.69, 9.17) is 19.8 Å². The minimum Gasteiger partial charge on any atom is -0.494 e. The van der Waals surface area contributed by atoms with Gasteiger partial charge in [0.25, 0.3) is 5.91 Å². The molecule has 1 amide bonds. The maximum absolute atomic E-state index is 14.1. The van der Waals surface area contributed by atoms with Gasteiger partial charge in [0, 0.05) is 54.9 Å². The summed E-state index contributed by atoms with van der Waals surface area (Å²) in [5.41, 5.74) is 9.30. The number of hydrogen-bond acceptors (Lipinski definition) is 9. The maximum atomic E-state index is 14.1. The van der Waals surface area contributed by atoms with Gasteiger partial charge in [-0.15, -0.1) is 0 Å². The number of piperidine rings is 1. The molecule has 2 aromatic heterocycles. The lowest BCUT2D eigenvalue weighted by Gasteiger charge is -2.36. The van der Waals surface area contributed by atoms with Gasteiger partial charge < -0.3 is 30.1 Å². The summed E-state index contributed by atoms with van der Waals surface area (Å²) in [5, 5.41) is 11.7. The number of benzene rings is 2. The zero-order valence-electron chi connectivity index (χ0n) is 30.8. The normalized spacial score (nSPS) is 14.8. The summed E-state index contributed by atoms with van der Waals surface area (Å²) in [6.45, 7) is 7.67. The largest absolute Gasteiger partial charge is 0.494 e. The molecule has 11 nitrogen and oxygen atoms in total. The number of amides is 1. The number of para-hydroxylation sites is 1. The average Bonchev–Trinajstić information content (AvgIpc) is 3.38. The van der Waals surface area contributed by atoms with E-state index in [-0.39, 0.29) is 5.91 Å². The molecule has 2 aromatic carbocycles. The fraction of sp³-hybridized carbons (Fsp3) is 0.487. The number of nitrogens with one attached hydrogen (secondary N) is 2. The van der Waals surface area contributed by atoms with E-state index < -0.39 is 0 Å². The molecule has 0 unspecified atom stereocenters. The molecular weight excluding hydrogens is 626 g/mol. The number of aryl methyl sites for hydroxylation is 3. The quantitative estimate of drug-likeness (QED) is 0.185. The molecule has 1 aliphatic carbocycles. The molecular formula is C39H53N9O2. The van der Waals surface area contributed by atoms with Crippen LogP contribution < -0.4 is 20.3 Å². The number of methoxy groups -OCH3 is 1. The fourth-order valence-electron chi connectivity index (χ4n) is 7.27. The maximum Gasteiger partial charge on any atom is 0.276 e. The van der Waals surface area contributed by atoms with Crippen molar-refractivity contribution in [2.75, 3.05) is 70.5 Å². The predicted octanol–water partition coefficient (Wildman–Crippen LogP) is 6.05. The molecule has 266 valence electrons. The molecule has 4 aromatic rings. The first-order valence-corrected chi connectivity index (χ1v) is 18.1. The topological polar surface area (TPSA) is 104 Å². The Morgan fingerprint density at radius 2 is 1.76 bits per heavy atom. The van der Waals surface area contributed by atoms with Gasteiger partial charge in [-0.2, -0.15) is 5.10 Å². The van der Waals surface area contributed by atoms with Crippen LogP contribution >= 0.6 is 0 Å². The molecule has 3 heterocycles. The average molecular weight is 680 g/mol. The van der Waals surface area contributed by atoms with Gasteiger partial charge in [-0.25, -0.2) is 9.97 Å². The van der Waals surface area contributed by atoms with Crippen molar-refractivity contribution in [3.63, 3.8) is 0 Å². The van der Waals surface area contributed by atoms with Crippen molar-refractivity contribution >= 4 is 28.9 Å². The van der Waals surface area contributed by atoms with Crippen molar-refractivity contribution in [1.29, 1.82) is 0 Å². The van der Waals surface area contributed by atoms with E-state index in [0.29, 0.717) is 24.2 Å². The van der Waals surface area contributed by atoms with Gasteiger partial charge in [-0.3, -0.25) is 9.48 Å². The molecule has 0 spiro atoms. The van der Waals surface area contributed by atoms with Crippen LogP contribution in [0.5, 0.6) is 5.75 Å². The predicted molar refractivity (Wildman–Crippen MR) is 202 cm³/mol. The molecule has 2 aliphatic rings. The standard InChI is InChI=1S/C39H53N9O2/c1-8-26-12-10-13-27(9-2)34(26)42-38(49)36-31-15-11-14-28-25-40-39(43-35(28)37(31)48(44-36)23-22-45(3)4)41-32-17-16-30(24-33(32)50-7)47-20-18-29(19-21-47)46(5)6/h10,12-13,16-17,24-25,29H,8-9,11,14-15,18-23H2,1-7H3,(H,42,49)(H,40,41,43). The van der Waals surface area contributed by atoms with E-state index in [0.717, 1.165) is 121 Å². The minimum absolute atomic E-state index is 0.174. The number of anilines is 4. The highest BCUT2D eigenvalue weighted by molar-refractivity contribution is 6.05. The van der Waals surface area contributed by atoms with Crippen LogP contribution in [0.3, 0.4) is 0 Å². The minimum atomic E-state index is -0.174. The van der Waals surface area contributed by atoms with Crippen LogP contribution in [0.2, 0.25) is 0 Å². The van der Waals surface area contributed by atoms with Crippen molar-refractivity contribution < 1.29 is 9.53 Å². The van der Waals surface area contributed by atoms with Crippen molar-refractivity contribution in [3.05, 3.63) is 70.5 Å². The van der Waals surface area contributed by atoms with Crippen molar-refractivity contribution in [1.82, 2.24) is 29.5 Å². The summed E-state index contributed by atoms with van der Waals surface area (Å²) in [6, 6.07) is 13.2. The zero-order chi connectivity index (χ0) is 35.4. The van der Waals surface area contributed by atoms with Crippen LogP contribution in [0.1, 0.15) is 65.9 Å². The van der Waals surface area contributed by atoms with Crippen LogP contribution in [0, 0.1) is 0 Å². The Morgan fingerprint density at radius 1 is 1.02 bits per heavy atom. The van der Waals surface area contributed by atoms with Gasteiger partial charge in [-0.05, 0) is 102 Å². The number of nitrogens with zero attached hydrogens (tertiary/aromatic N) is 7.